The molecule has 0 saturated carbocycles. The van der Waals surface area contributed by atoms with Gasteiger partial charge in [-0.2, -0.15) is 11.8 Å². The Morgan fingerprint density at radius 1 is 1.15 bits per heavy atom. The first kappa shape index (κ1) is 23.0. The average molecular weight is 486 g/mol. The normalized spacial score (nSPS) is 14.0. The molecule has 0 aliphatic carbocycles. The lowest BCUT2D eigenvalue weighted by atomic mass is 10.2. The number of sulfonamides is 1. The highest BCUT2D eigenvalue weighted by molar-refractivity contribution is 7.99. The van der Waals surface area contributed by atoms with Crippen LogP contribution in [0.2, 0.25) is 0 Å². The van der Waals surface area contributed by atoms with Crippen LogP contribution in [0.1, 0.15) is 21.6 Å². The quantitative estimate of drug-likeness (QED) is 0.543. The molecule has 4 rings (SSSR count). The van der Waals surface area contributed by atoms with Crippen molar-refractivity contribution in [3.8, 4) is 5.88 Å². The fourth-order valence-corrected chi connectivity index (χ4v) is 5.02. The third kappa shape index (κ3) is 5.79. The van der Waals surface area contributed by atoms with Gasteiger partial charge in [0.2, 0.25) is 5.82 Å². The van der Waals surface area contributed by atoms with Crippen LogP contribution in [-0.2, 0) is 16.6 Å². The number of hydrogen-bond donors (Lipinski definition) is 1. The molecule has 2 aromatic heterocycles. The van der Waals surface area contributed by atoms with E-state index in [1.807, 2.05) is 13.0 Å². The van der Waals surface area contributed by atoms with Crippen LogP contribution in [0.5, 0.6) is 5.88 Å². The predicted molar refractivity (Wildman–Crippen MR) is 126 cm³/mol. The van der Waals surface area contributed by atoms with E-state index in [2.05, 4.69) is 19.7 Å². The Labute approximate surface area is 196 Å². The molecule has 3 heterocycles. The van der Waals surface area contributed by atoms with E-state index in [9.17, 15) is 13.2 Å². The number of aryl methyl sites for hydroxylation is 1. The Hall–Kier alpha value is -3.18. The van der Waals surface area contributed by atoms with Gasteiger partial charge in [0, 0.05) is 42.6 Å². The molecule has 1 N–H and O–H groups in total. The molecule has 1 aromatic carbocycles. The summed E-state index contributed by atoms with van der Waals surface area (Å²) in [6, 6.07) is 10.0. The van der Waals surface area contributed by atoms with Gasteiger partial charge in [-0.15, -0.1) is 0 Å². The summed E-state index contributed by atoms with van der Waals surface area (Å²) < 4.78 is 34.0. The van der Waals surface area contributed by atoms with Gasteiger partial charge in [0.15, 0.2) is 5.69 Å². The van der Waals surface area contributed by atoms with Crippen molar-refractivity contribution in [1.82, 2.24) is 19.9 Å². The Balaban J connectivity index is 1.62. The van der Waals surface area contributed by atoms with Crippen molar-refractivity contribution in [3.63, 3.8) is 0 Å². The molecule has 9 nitrogen and oxygen atoms in total. The van der Waals surface area contributed by atoms with E-state index in [1.54, 1.807) is 47.3 Å². The second kappa shape index (κ2) is 10.2. The highest BCUT2D eigenvalue weighted by Crippen LogP contribution is 2.25. The van der Waals surface area contributed by atoms with Crippen molar-refractivity contribution in [2.24, 2.45) is 0 Å². The van der Waals surface area contributed by atoms with E-state index in [-0.39, 0.29) is 34.8 Å². The molecular weight excluding hydrogens is 462 g/mol. The zero-order chi connectivity index (χ0) is 23.3. The van der Waals surface area contributed by atoms with Gasteiger partial charge >= 0.3 is 0 Å². The van der Waals surface area contributed by atoms with Gasteiger partial charge in [-0.3, -0.25) is 14.5 Å². The zero-order valence-corrected chi connectivity index (χ0v) is 19.6. The summed E-state index contributed by atoms with van der Waals surface area (Å²) in [6.45, 7) is 3.20. The number of benzene rings is 1. The number of rotatable bonds is 7. The van der Waals surface area contributed by atoms with Crippen LogP contribution in [-0.4, -0.2) is 58.8 Å². The second-order valence-corrected chi connectivity index (χ2v) is 10.3. The fraction of sp³-hybridized carbons (Fsp3) is 0.273. The van der Waals surface area contributed by atoms with Crippen molar-refractivity contribution in [2.45, 2.75) is 18.4 Å². The van der Waals surface area contributed by atoms with Crippen LogP contribution in [0.4, 0.5) is 5.82 Å². The monoisotopic (exact) mass is 485 g/mol. The topological polar surface area (TPSA) is 114 Å². The fourth-order valence-electron chi connectivity index (χ4n) is 3.11. The SMILES string of the molecule is Cc1ccc(S(=O)(=O)Nc2ncc(C(=O)N3CCSCC3)nc2OCc2cccnc2)cc1. The van der Waals surface area contributed by atoms with Crippen LogP contribution in [0.15, 0.2) is 59.9 Å². The predicted octanol–water partition coefficient (Wildman–Crippen LogP) is 2.75. The minimum Gasteiger partial charge on any atom is -0.470 e. The molecule has 1 saturated heterocycles. The number of pyridine rings is 1. The first-order valence-electron chi connectivity index (χ1n) is 10.3. The second-order valence-electron chi connectivity index (χ2n) is 7.38. The molecule has 0 atom stereocenters. The summed E-state index contributed by atoms with van der Waals surface area (Å²) in [4.78, 5) is 27.2. The van der Waals surface area contributed by atoms with E-state index in [1.165, 1.54) is 18.3 Å². The molecule has 1 amide bonds. The van der Waals surface area contributed by atoms with Crippen LogP contribution in [0.25, 0.3) is 0 Å². The lowest BCUT2D eigenvalue weighted by molar-refractivity contribution is 0.0764. The molecule has 0 bridgehead atoms. The number of hydrogen-bond acceptors (Lipinski definition) is 8. The summed E-state index contributed by atoms with van der Waals surface area (Å²) in [5.41, 5.74) is 1.80. The molecule has 0 unspecified atom stereocenters. The number of aromatic nitrogens is 3. The third-order valence-electron chi connectivity index (χ3n) is 4.92. The maximum Gasteiger partial charge on any atom is 0.274 e. The Morgan fingerprint density at radius 2 is 1.91 bits per heavy atom. The average Bonchev–Trinajstić information content (AvgIpc) is 2.84. The van der Waals surface area contributed by atoms with Crippen molar-refractivity contribution in [2.75, 3.05) is 29.3 Å². The number of anilines is 1. The number of carbonyl (C=O) groups is 1. The van der Waals surface area contributed by atoms with E-state index >= 15 is 0 Å². The van der Waals surface area contributed by atoms with Gasteiger partial charge in [0.05, 0.1) is 11.1 Å². The van der Waals surface area contributed by atoms with Crippen LogP contribution in [0, 0.1) is 6.92 Å². The molecule has 1 fully saturated rings. The highest BCUT2D eigenvalue weighted by Gasteiger charge is 2.24. The van der Waals surface area contributed by atoms with E-state index in [0.717, 1.165) is 22.6 Å². The zero-order valence-electron chi connectivity index (χ0n) is 18.0. The first-order chi connectivity index (χ1) is 15.9. The highest BCUT2D eigenvalue weighted by atomic mass is 32.2. The standard InChI is InChI=1S/C22H23N5O4S2/c1-16-4-6-18(7-5-16)33(29,30)26-20-21(31-15-17-3-2-8-23-13-17)25-19(14-24-20)22(28)27-9-11-32-12-10-27/h2-8,13-14H,9-12,15H2,1H3,(H,24,26). The minimum atomic E-state index is -3.93. The lowest BCUT2D eigenvalue weighted by Crippen LogP contribution is -2.38. The Kier molecular flexibility index (Phi) is 7.09. The molecule has 172 valence electrons. The molecule has 11 heteroatoms. The van der Waals surface area contributed by atoms with Gasteiger partial charge in [0.25, 0.3) is 21.8 Å². The summed E-state index contributed by atoms with van der Waals surface area (Å²) in [7, 11) is -3.93. The number of ether oxygens (including phenoxy) is 1. The third-order valence-corrected chi connectivity index (χ3v) is 7.22. The van der Waals surface area contributed by atoms with E-state index in [0.29, 0.717) is 13.1 Å². The van der Waals surface area contributed by atoms with E-state index < -0.39 is 10.0 Å². The van der Waals surface area contributed by atoms with Gasteiger partial charge in [-0.25, -0.2) is 18.4 Å². The van der Waals surface area contributed by atoms with Crippen molar-refractivity contribution < 1.29 is 17.9 Å². The smallest absolute Gasteiger partial charge is 0.274 e. The molecule has 1 aliphatic rings. The Morgan fingerprint density at radius 3 is 2.61 bits per heavy atom. The van der Waals surface area contributed by atoms with Crippen molar-refractivity contribution >= 4 is 33.5 Å². The molecule has 3 aromatic rings. The largest absolute Gasteiger partial charge is 0.470 e. The number of thioether (sulfide) groups is 1. The molecule has 1 aliphatic heterocycles. The maximum absolute atomic E-state index is 12.9. The van der Waals surface area contributed by atoms with Crippen LogP contribution >= 0.6 is 11.8 Å². The number of nitrogens with zero attached hydrogens (tertiary/aromatic N) is 4. The number of carbonyl (C=O) groups excluding carboxylic acids is 1. The summed E-state index contributed by atoms with van der Waals surface area (Å²) in [5, 5.41) is 0. The van der Waals surface area contributed by atoms with Crippen LogP contribution < -0.4 is 9.46 Å². The van der Waals surface area contributed by atoms with Crippen molar-refractivity contribution in [1.29, 1.82) is 0 Å². The first-order valence-corrected chi connectivity index (χ1v) is 12.9. The summed E-state index contributed by atoms with van der Waals surface area (Å²) >= 11 is 1.79. The summed E-state index contributed by atoms with van der Waals surface area (Å²) in [6.07, 6.45) is 4.54. The van der Waals surface area contributed by atoms with Crippen LogP contribution in [0.3, 0.4) is 0 Å². The summed E-state index contributed by atoms with van der Waals surface area (Å²) in [5.74, 6) is 1.29. The van der Waals surface area contributed by atoms with E-state index in [4.69, 9.17) is 4.74 Å². The molecule has 33 heavy (non-hydrogen) atoms. The molecule has 0 spiro atoms. The van der Waals surface area contributed by atoms with Gasteiger partial charge < -0.3 is 9.64 Å². The van der Waals surface area contributed by atoms with Gasteiger partial charge in [-0.1, -0.05) is 23.8 Å². The number of amides is 1. The van der Waals surface area contributed by atoms with Gasteiger partial charge in [-0.05, 0) is 25.1 Å². The van der Waals surface area contributed by atoms with Gasteiger partial charge in [0.1, 0.15) is 6.61 Å². The van der Waals surface area contributed by atoms with Crippen molar-refractivity contribution in [3.05, 3.63) is 71.8 Å². The maximum atomic E-state index is 12.9. The molecular formula is C22H23N5O4S2. The lowest BCUT2D eigenvalue weighted by Gasteiger charge is -2.26. The minimum absolute atomic E-state index is 0.0771. The molecule has 0 radical (unpaired) electrons. The Bertz CT molecular complexity index is 1220. The number of nitrogens with one attached hydrogen (secondary N) is 1.